The zero-order chi connectivity index (χ0) is 13.5. The number of alkyl halides is 1. The number of hydrogen-bond acceptors (Lipinski definition) is 1. The summed E-state index contributed by atoms with van der Waals surface area (Å²) < 4.78 is 5.09. The highest BCUT2D eigenvalue weighted by atomic mass is 35.5. The smallest absolute Gasteiger partial charge is 0.0585 e. The zero-order valence-corrected chi connectivity index (χ0v) is 12.7. The quantitative estimate of drug-likeness (QED) is 0.630. The van der Waals surface area contributed by atoms with E-state index < -0.39 is 0 Å². The van der Waals surface area contributed by atoms with Crippen LogP contribution in [0.1, 0.15) is 55.0 Å². The minimum absolute atomic E-state index is 0.178. The maximum absolute atomic E-state index is 6.52. The Kier molecular flexibility index (Phi) is 6.19. The summed E-state index contributed by atoms with van der Waals surface area (Å²) in [4.78, 5) is 0. The highest BCUT2D eigenvalue weighted by Gasteiger charge is 2.17. The van der Waals surface area contributed by atoms with Gasteiger partial charge in [0.25, 0.3) is 0 Å². The molecule has 0 aromatic heterocycles. The Morgan fingerprint density at radius 2 is 1.89 bits per heavy atom. The van der Waals surface area contributed by atoms with E-state index in [1.807, 2.05) is 0 Å². The molecule has 0 aliphatic heterocycles. The van der Waals surface area contributed by atoms with Crippen molar-refractivity contribution in [1.82, 2.24) is 0 Å². The summed E-state index contributed by atoms with van der Waals surface area (Å²) in [6.45, 7) is 0.783. The van der Waals surface area contributed by atoms with E-state index in [-0.39, 0.29) is 5.38 Å². The fourth-order valence-corrected chi connectivity index (χ4v) is 3.23. The van der Waals surface area contributed by atoms with Crippen LogP contribution in [0.15, 0.2) is 24.3 Å². The van der Waals surface area contributed by atoms with Crippen LogP contribution in [0.2, 0.25) is 0 Å². The summed E-state index contributed by atoms with van der Waals surface area (Å²) in [5.41, 5.74) is 2.59. The van der Waals surface area contributed by atoms with E-state index in [1.54, 1.807) is 7.11 Å². The van der Waals surface area contributed by atoms with Gasteiger partial charge in [-0.05, 0) is 36.3 Å². The van der Waals surface area contributed by atoms with Crippen LogP contribution in [0.4, 0.5) is 0 Å². The van der Waals surface area contributed by atoms with E-state index in [9.17, 15) is 0 Å². The largest absolute Gasteiger partial charge is 0.384 e. The molecule has 1 saturated carbocycles. The summed E-state index contributed by atoms with van der Waals surface area (Å²) in [5, 5.41) is 0.178. The lowest BCUT2D eigenvalue weighted by molar-refractivity contribution is 0.202. The molecule has 1 aliphatic carbocycles. The zero-order valence-electron chi connectivity index (χ0n) is 11.9. The van der Waals surface area contributed by atoms with E-state index in [0.29, 0.717) is 0 Å². The molecule has 0 bridgehead atoms. The van der Waals surface area contributed by atoms with E-state index in [4.69, 9.17) is 16.3 Å². The number of benzene rings is 1. The van der Waals surface area contributed by atoms with Crippen molar-refractivity contribution >= 4 is 11.6 Å². The lowest BCUT2D eigenvalue weighted by atomic mass is 9.97. The van der Waals surface area contributed by atoms with Gasteiger partial charge < -0.3 is 4.74 Å². The first kappa shape index (κ1) is 14.9. The first-order valence-electron chi connectivity index (χ1n) is 7.51. The monoisotopic (exact) mass is 280 g/mol. The van der Waals surface area contributed by atoms with E-state index in [2.05, 4.69) is 24.3 Å². The normalized spacial score (nSPS) is 17.8. The average Bonchev–Trinajstić information content (AvgIpc) is 2.96. The summed E-state index contributed by atoms with van der Waals surface area (Å²) in [6.07, 6.45) is 9.06. The van der Waals surface area contributed by atoms with Gasteiger partial charge in [-0.25, -0.2) is 0 Å². The Labute approximate surface area is 122 Å². The second-order valence-electron chi connectivity index (χ2n) is 5.68. The fraction of sp³-hybridized carbons (Fsp3) is 0.647. The van der Waals surface area contributed by atoms with Crippen LogP contribution in [0.5, 0.6) is 0 Å². The molecular formula is C17H25ClO. The van der Waals surface area contributed by atoms with Crippen LogP contribution < -0.4 is 0 Å². The van der Waals surface area contributed by atoms with Crippen LogP contribution in [-0.4, -0.2) is 13.7 Å². The molecule has 0 spiro atoms. The van der Waals surface area contributed by atoms with Crippen molar-refractivity contribution in [3.63, 3.8) is 0 Å². The number of halogens is 1. The van der Waals surface area contributed by atoms with Gasteiger partial charge in [-0.2, -0.15) is 0 Å². The molecule has 0 N–H and O–H groups in total. The number of hydrogen-bond donors (Lipinski definition) is 0. The summed E-state index contributed by atoms with van der Waals surface area (Å²) in [6, 6.07) is 8.72. The van der Waals surface area contributed by atoms with Crippen molar-refractivity contribution < 1.29 is 4.74 Å². The van der Waals surface area contributed by atoms with Gasteiger partial charge >= 0.3 is 0 Å². The maximum Gasteiger partial charge on any atom is 0.0585 e. The number of methoxy groups -OCH3 is 1. The molecular weight excluding hydrogens is 256 g/mol. The van der Waals surface area contributed by atoms with E-state index in [1.165, 1.54) is 43.2 Å². The number of rotatable bonds is 7. The lowest BCUT2D eigenvalue weighted by Crippen LogP contribution is -1.98. The second-order valence-corrected chi connectivity index (χ2v) is 6.21. The molecule has 1 nitrogen and oxygen atoms in total. The van der Waals surface area contributed by atoms with Gasteiger partial charge in [0.05, 0.1) is 12.0 Å². The molecule has 106 valence electrons. The molecule has 2 heteroatoms. The van der Waals surface area contributed by atoms with Crippen LogP contribution in [-0.2, 0) is 11.2 Å². The van der Waals surface area contributed by atoms with Crippen LogP contribution in [0, 0.1) is 5.92 Å². The molecule has 1 aromatic carbocycles. The predicted molar refractivity (Wildman–Crippen MR) is 81.8 cm³/mol. The van der Waals surface area contributed by atoms with Crippen LogP contribution >= 0.6 is 11.6 Å². The maximum atomic E-state index is 6.52. The average molecular weight is 281 g/mol. The Hall–Kier alpha value is -0.530. The Balaban J connectivity index is 1.79. The first-order valence-corrected chi connectivity index (χ1v) is 7.95. The molecule has 1 aliphatic rings. The van der Waals surface area contributed by atoms with Gasteiger partial charge in [0.2, 0.25) is 0 Å². The van der Waals surface area contributed by atoms with Gasteiger partial charge in [-0.3, -0.25) is 0 Å². The fourth-order valence-electron chi connectivity index (χ4n) is 2.96. The molecule has 19 heavy (non-hydrogen) atoms. The van der Waals surface area contributed by atoms with Gasteiger partial charge in [-0.1, -0.05) is 49.9 Å². The van der Waals surface area contributed by atoms with Gasteiger partial charge in [0.1, 0.15) is 0 Å². The minimum atomic E-state index is 0.178. The Bertz CT molecular complexity index is 354. The standard InChI is InChI=1S/C17H25ClO/c1-19-13-12-15-6-9-16(10-7-15)17(18)11-8-14-4-2-3-5-14/h6-7,9-10,14,17H,2-5,8,11-13H2,1H3. The summed E-state index contributed by atoms with van der Waals surface area (Å²) in [5.74, 6) is 0.933. The predicted octanol–water partition coefficient (Wildman–Crippen LogP) is 5.13. The van der Waals surface area contributed by atoms with Crippen LogP contribution in [0.3, 0.4) is 0 Å². The van der Waals surface area contributed by atoms with Gasteiger partial charge in [0, 0.05) is 7.11 Å². The molecule has 1 unspecified atom stereocenters. The molecule has 1 atom stereocenters. The van der Waals surface area contributed by atoms with E-state index in [0.717, 1.165) is 25.4 Å². The third-order valence-electron chi connectivity index (χ3n) is 4.24. The molecule has 0 saturated heterocycles. The third-order valence-corrected chi connectivity index (χ3v) is 4.71. The van der Waals surface area contributed by atoms with Crippen molar-refractivity contribution in [2.24, 2.45) is 5.92 Å². The molecule has 1 fully saturated rings. The molecule has 0 amide bonds. The topological polar surface area (TPSA) is 9.23 Å². The van der Waals surface area contributed by atoms with Crippen molar-refractivity contribution in [3.8, 4) is 0 Å². The first-order chi connectivity index (χ1) is 9.29. The second kappa shape index (κ2) is 7.91. The van der Waals surface area contributed by atoms with Gasteiger partial charge in [-0.15, -0.1) is 11.6 Å². The Morgan fingerprint density at radius 1 is 1.21 bits per heavy atom. The highest BCUT2D eigenvalue weighted by molar-refractivity contribution is 6.20. The van der Waals surface area contributed by atoms with E-state index >= 15 is 0 Å². The van der Waals surface area contributed by atoms with Crippen LogP contribution in [0.25, 0.3) is 0 Å². The molecule has 1 aromatic rings. The van der Waals surface area contributed by atoms with Gasteiger partial charge in [0.15, 0.2) is 0 Å². The van der Waals surface area contributed by atoms with Crippen molar-refractivity contribution in [3.05, 3.63) is 35.4 Å². The SMILES string of the molecule is COCCc1ccc(C(Cl)CCC2CCCC2)cc1. The minimum Gasteiger partial charge on any atom is -0.384 e. The molecule has 0 heterocycles. The molecule has 0 radical (unpaired) electrons. The third kappa shape index (κ3) is 4.81. The Morgan fingerprint density at radius 3 is 2.53 bits per heavy atom. The van der Waals surface area contributed by atoms with Crippen molar-refractivity contribution in [2.45, 2.75) is 50.3 Å². The van der Waals surface area contributed by atoms with Crippen molar-refractivity contribution in [1.29, 1.82) is 0 Å². The highest BCUT2D eigenvalue weighted by Crippen LogP contribution is 2.33. The summed E-state index contributed by atoms with van der Waals surface area (Å²) >= 11 is 6.52. The summed E-state index contributed by atoms with van der Waals surface area (Å²) in [7, 11) is 1.74. The molecule has 2 rings (SSSR count). The van der Waals surface area contributed by atoms with Crippen molar-refractivity contribution in [2.75, 3.05) is 13.7 Å². The number of ether oxygens (including phenoxy) is 1. The lowest BCUT2D eigenvalue weighted by Gasteiger charge is -2.14.